The van der Waals surface area contributed by atoms with Crippen LogP contribution in [0.15, 0.2) is 24.3 Å². The van der Waals surface area contributed by atoms with E-state index in [1.54, 1.807) is 0 Å². The quantitative estimate of drug-likeness (QED) is 0.0320. The number of ether oxygens (including phenoxy) is 1. The van der Waals surface area contributed by atoms with Gasteiger partial charge in [-0.25, -0.2) is 0 Å². The number of carbonyl (C=O) groups excluding carboxylic acids is 2. The number of hydrogen-bond donors (Lipinski definition) is 3. The molecular formula is C87H169NO5. The highest BCUT2D eigenvalue weighted by molar-refractivity contribution is 5.76. The second-order valence-electron chi connectivity index (χ2n) is 29.9. The third-order valence-electron chi connectivity index (χ3n) is 20.5. The van der Waals surface area contributed by atoms with Gasteiger partial charge < -0.3 is 20.3 Å². The highest BCUT2D eigenvalue weighted by atomic mass is 16.5. The number of unbranched alkanes of at least 4 members (excludes halogenated alkanes) is 67. The minimum absolute atomic E-state index is 0.0214. The first-order chi connectivity index (χ1) is 46.0. The Morgan fingerprint density at radius 1 is 0.301 bits per heavy atom. The number of amides is 1. The number of allylic oxidation sites excluding steroid dienone is 4. The van der Waals surface area contributed by atoms with Gasteiger partial charge in [0.05, 0.1) is 25.4 Å². The van der Waals surface area contributed by atoms with E-state index in [1.165, 1.54) is 417 Å². The highest BCUT2D eigenvalue weighted by Gasteiger charge is 2.20. The molecular weight excluding hydrogens is 1140 g/mol. The third kappa shape index (κ3) is 79.2. The van der Waals surface area contributed by atoms with Crippen LogP contribution in [0.2, 0.25) is 0 Å². The Morgan fingerprint density at radius 2 is 0.538 bits per heavy atom. The van der Waals surface area contributed by atoms with Gasteiger partial charge in [-0.3, -0.25) is 9.59 Å². The first-order valence-electron chi connectivity index (χ1n) is 43.1. The second kappa shape index (κ2) is 82.8. The standard InChI is InChI=1S/C87H169NO5/c1-3-5-7-9-11-13-15-17-19-21-44-49-53-57-61-65-69-73-77-81-87(92)93-82-78-74-70-66-62-58-54-50-46-43-41-39-37-35-33-31-29-27-25-23-24-26-28-30-32-34-36-38-40-42-45-48-52-56-60-64-68-72-76-80-86(91)88-84(83-89)85(90)79-75-71-67-63-59-55-51-47-22-20-18-16-14-12-10-8-6-4-2/h11,13,17,19,84-85,89-90H,3-10,12,14-16,18,20-83H2,1-2H3,(H,88,91)/b13-11-,19-17-. The first kappa shape index (κ1) is 91.3. The summed E-state index contributed by atoms with van der Waals surface area (Å²) in [5.74, 6) is -0.00238. The maximum absolute atomic E-state index is 12.6. The Balaban J connectivity index is 3.28. The molecule has 552 valence electrons. The van der Waals surface area contributed by atoms with Crippen molar-refractivity contribution in [3.8, 4) is 0 Å². The number of carbonyl (C=O) groups is 2. The normalized spacial score (nSPS) is 12.5. The summed E-state index contributed by atoms with van der Waals surface area (Å²) < 4.78 is 5.52. The summed E-state index contributed by atoms with van der Waals surface area (Å²) in [5, 5.41) is 23.4. The van der Waals surface area contributed by atoms with Crippen LogP contribution in [0.25, 0.3) is 0 Å². The lowest BCUT2D eigenvalue weighted by Crippen LogP contribution is -2.45. The van der Waals surface area contributed by atoms with E-state index in [2.05, 4.69) is 43.5 Å². The lowest BCUT2D eigenvalue weighted by molar-refractivity contribution is -0.143. The minimum atomic E-state index is -0.660. The van der Waals surface area contributed by atoms with Crippen LogP contribution in [0.1, 0.15) is 495 Å². The van der Waals surface area contributed by atoms with E-state index in [4.69, 9.17) is 4.74 Å². The van der Waals surface area contributed by atoms with Gasteiger partial charge >= 0.3 is 5.97 Å². The summed E-state index contributed by atoms with van der Waals surface area (Å²) in [5.41, 5.74) is 0. The molecule has 6 nitrogen and oxygen atoms in total. The van der Waals surface area contributed by atoms with Crippen molar-refractivity contribution in [3.63, 3.8) is 0 Å². The molecule has 3 N–H and O–H groups in total. The molecule has 0 bridgehead atoms. The van der Waals surface area contributed by atoms with E-state index in [0.717, 1.165) is 44.9 Å². The Kier molecular flexibility index (Phi) is 81.3. The molecule has 6 heteroatoms. The molecule has 1 amide bonds. The Labute approximate surface area is 583 Å². The molecule has 0 aliphatic rings. The lowest BCUT2D eigenvalue weighted by atomic mass is 10.0. The number of aliphatic hydroxyl groups is 2. The van der Waals surface area contributed by atoms with Crippen LogP contribution >= 0.6 is 0 Å². The lowest BCUT2D eigenvalue weighted by Gasteiger charge is -2.22. The molecule has 2 atom stereocenters. The van der Waals surface area contributed by atoms with E-state index in [1.807, 2.05) is 0 Å². The predicted molar refractivity (Wildman–Crippen MR) is 412 cm³/mol. The van der Waals surface area contributed by atoms with Crippen molar-refractivity contribution in [2.24, 2.45) is 0 Å². The fourth-order valence-electron chi connectivity index (χ4n) is 14.0. The van der Waals surface area contributed by atoms with E-state index in [9.17, 15) is 19.8 Å². The van der Waals surface area contributed by atoms with Gasteiger partial charge in [0.1, 0.15) is 0 Å². The summed E-state index contributed by atoms with van der Waals surface area (Å²) in [6, 6.07) is -0.537. The fraction of sp³-hybridized carbons (Fsp3) is 0.931. The van der Waals surface area contributed by atoms with Crippen LogP contribution in [0, 0.1) is 0 Å². The molecule has 0 aromatic heterocycles. The van der Waals surface area contributed by atoms with Crippen LogP contribution in [0.5, 0.6) is 0 Å². The summed E-state index contributed by atoms with van der Waals surface area (Å²) >= 11 is 0. The maximum Gasteiger partial charge on any atom is 0.305 e. The topological polar surface area (TPSA) is 95.9 Å². The second-order valence-corrected chi connectivity index (χ2v) is 29.9. The summed E-state index contributed by atoms with van der Waals surface area (Å²) in [6.45, 7) is 4.99. The van der Waals surface area contributed by atoms with Crippen molar-refractivity contribution >= 4 is 11.9 Å². The molecule has 0 heterocycles. The zero-order valence-electron chi connectivity index (χ0n) is 63.5. The highest BCUT2D eigenvalue weighted by Crippen LogP contribution is 2.21. The molecule has 0 aromatic carbocycles. The van der Waals surface area contributed by atoms with E-state index in [0.29, 0.717) is 25.9 Å². The van der Waals surface area contributed by atoms with Gasteiger partial charge in [0.2, 0.25) is 5.91 Å². The monoisotopic (exact) mass is 1310 g/mol. The molecule has 0 aromatic rings. The molecule has 0 saturated heterocycles. The number of esters is 1. The zero-order chi connectivity index (χ0) is 67.0. The molecule has 0 fully saturated rings. The van der Waals surface area contributed by atoms with Crippen LogP contribution in [-0.2, 0) is 14.3 Å². The fourth-order valence-corrected chi connectivity index (χ4v) is 14.0. The van der Waals surface area contributed by atoms with Crippen molar-refractivity contribution in [2.75, 3.05) is 13.2 Å². The van der Waals surface area contributed by atoms with Crippen LogP contribution < -0.4 is 5.32 Å². The molecule has 0 rings (SSSR count). The number of rotatable bonds is 82. The zero-order valence-corrected chi connectivity index (χ0v) is 63.5. The molecule has 0 saturated carbocycles. The third-order valence-corrected chi connectivity index (χ3v) is 20.5. The number of nitrogens with one attached hydrogen (secondary N) is 1. The van der Waals surface area contributed by atoms with Gasteiger partial charge in [-0.15, -0.1) is 0 Å². The number of hydrogen-bond acceptors (Lipinski definition) is 5. The number of aliphatic hydroxyl groups excluding tert-OH is 2. The molecule has 93 heavy (non-hydrogen) atoms. The van der Waals surface area contributed by atoms with E-state index >= 15 is 0 Å². The average molecular weight is 1310 g/mol. The largest absolute Gasteiger partial charge is 0.466 e. The SMILES string of the molecule is CCCCC/C=C\C/C=C\CCCCCCCCCCCC(=O)OCCCCCCCCCCCCCCCCCCCCCCCCCCCCCCCCCCCCCCCCCC(=O)NC(CO)C(O)CCCCCCCCCCCCCCCCCCCC. The Bertz CT molecular complexity index is 1460. The molecule has 0 spiro atoms. The molecule has 2 unspecified atom stereocenters. The molecule has 0 aliphatic heterocycles. The van der Waals surface area contributed by atoms with E-state index in [-0.39, 0.29) is 18.5 Å². The van der Waals surface area contributed by atoms with Crippen LogP contribution in [-0.4, -0.2) is 47.4 Å². The van der Waals surface area contributed by atoms with Gasteiger partial charge in [-0.1, -0.05) is 449 Å². The van der Waals surface area contributed by atoms with Gasteiger partial charge in [0.15, 0.2) is 0 Å². The summed E-state index contributed by atoms with van der Waals surface area (Å²) in [7, 11) is 0. The first-order valence-corrected chi connectivity index (χ1v) is 43.1. The van der Waals surface area contributed by atoms with Gasteiger partial charge in [-0.2, -0.15) is 0 Å². The average Bonchev–Trinajstić information content (AvgIpc) is 3.68. The Morgan fingerprint density at radius 3 is 0.839 bits per heavy atom. The van der Waals surface area contributed by atoms with Gasteiger partial charge in [-0.05, 0) is 57.8 Å². The molecule has 0 aliphatic carbocycles. The van der Waals surface area contributed by atoms with Crippen molar-refractivity contribution in [1.29, 1.82) is 0 Å². The van der Waals surface area contributed by atoms with Crippen molar-refractivity contribution < 1.29 is 24.5 Å². The van der Waals surface area contributed by atoms with Crippen molar-refractivity contribution in [1.82, 2.24) is 5.32 Å². The summed E-state index contributed by atoms with van der Waals surface area (Å²) in [4.78, 5) is 24.7. The maximum atomic E-state index is 12.6. The molecule has 0 radical (unpaired) electrons. The Hall–Kier alpha value is -1.66. The van der Waals surface area contributed by atoms with Crippen molar-refractivity contribution in [2.45, 2.75) is 508 Å². The van der Waals surface area contributed by atoms with Crippen LogP contribution in [0.3, 0.4) is 0 Å². The smallest absolute Gasteiger partial charge is 0.305 e. The van der Waals surface area contributed by atoms with Gasteiger partial charge in [0.25, 0.3) is 0 Å². The van der Waals surface area contributed by atoms with Gasteiger partial charge in [0, 0.05) is 12.8 Å². The predicted octanol–water partition coefficient (Wildman–Crippen LogP) is 28.8. The summed E-state index contributed by atoms with van der Waals surface area (Å²) in [6.07, 6.45) is 107. The minimum Gasteiger partial charge on any atom is -0.466 e. The van der Waals surface area contributed by atoms with Crippen LogP contribution in [0.4, 0.5) is 0 Å². The van der Waals surface area contributed by atoms with Crippen molar-refractivity contribution in [3.05, 3.63) is 24.3 Å². The van der Waals surface area contributed by atoms with E-state index < -0.39 is 12.1 Å².